The minimum atomic E-state index is -0.830. The van der Waals surface area contributed by atoms with Crippen molar-refractivity contribution in [2.75, 3.05) is 40.6 Å². The number of benzene rings is 1. The van der Waals surface area contributed by atoms with Crippen molar-refractivity contribution in [3.63, 3.8) is 0 Å². The summed E-state index contributed by atoms with van der Waals surface area (Å²) in [7, 11) is 3.92. The predicted molar refractivity (Wildman–Crippen MR) is 144 cm³/mol. The zero-order valence-electron chi connectivity index (χ0n) is 23.9. The number of ether oxygens (including phenoxy) is 3. The van der Waals surface area contributed by atoms with Crippen LogP contribution in [0.15, 0.2) is 18.2 Å². The lowest BCUT2D eigenvalue weighted by Crippen LogP contribution is -2.73. The first-order valence-corrected chi connectivity index (χ1v) is 13.7. The van der Waals surface area contributed by atoms with Gasteiger partial charge in [0.1, 0.15) is 6.61 Å². The molecule has 1 saturated heterocycles. The number of amides is 4. The van der Waals surface area contributed by atoms with E-state index in [1.165, 1.54) is 0 Å². The SMILES string of the molecule is CCC[C@@H](NC(=O)N1C(=O)C(CC)(CC)[C@@H]1OCC(=O)N(CCN(C)C)C(C)C)c1ccc2c(c1)OCO2. The van der Waals surface area contributed by atoms with E-state index in [-0.39, 0.29) is 37.3 Å². The summed E-state index contributed by atoms with van der Waals surface area (Å²) in [5.74, 6) is 0.874. The van der Waals surface area contributed by atoms with Crippen molar-refractivity contribution in [1.29, 1.82) is 0 Å². The van der Waals surface area contributed by atoms with Crippen LogP contribution in [-0.2, 0) is 14.3 Å². The molecule has 10 heteroatoms. The summed E-state index contributed by atoms with van der Waals surface area (Å²) in [6.07, 6.45) is 1.73. The summed E-state index contributed by atoms with van der Waals surface area (Å²) in [5, 5.41) is 3.02. The van der Waals surface area contributed by atoms with Crippen molar-refractivity contribution in [2.24, 2.45) is 5.41 Å². The number of likely N-dealkylation sites (N-methyl/N-ethyl adjacent to an activating group) is 1. The minimum Gasteiger partial charge on any atom is -0.454 e. The summed E-state index contributed by atoms with van der Waals surface area (Å²) in [4.78, 5) is 44.8. The molecule has 0 radical (unpaired) electrons. The number of fused-ring (bicyclic) bond motifs is 1. The van der Waals surface area contributed by atoms with Crippen LogP contribution in [0.4, 0.5) is 4.79 Å². The standard InChI is InChI=1S/C28H44N4O6/c1-8-11-21(20-12-13-22-23(16-20)38-18-37-22)29-27(35)32-25(34)28(9-2,10-3)26(32)36-17-24(33)31(19(4)5)15-14-30(6)7/h12-13,16,19,21,26H,8-11,14-15,17-18H2,1-7H3,(H,29,35)/t21-,26+/m1/s1. The fourth-order valence-electron chi connectivity index (χ4n) is 5.14. The topological polar surface area (TPSA) is 101 Å². The molecule has 38 heavy (non-hydrogen) atoms. The minimum absolute atomic E-state index is 0.00656. The molecule has 212 valence electrons. The van der Waals surface area contributed by atoms with E-state index < -0.39 is 17.7 Å². The largest absolute Gasteiger partial charge is 0.454 e. The van der Waals surface area contributed by atoms with Gasteiger partial charge in [0, 0.05) is 19.1 Å². The molecular formula is C28H44N4O6. The van der Waals surface area contributed by atoms with Gasteiger partial charge in [0.05, 0.1) is 11.5 Å². The summed E-state index contributed by atoms with van der Waals surface area (Å²) < 4.78 is 17.0. The normalized spacial score (nSPS) is 18.5. The lowest BCUT2D eigenvalue weighted by Gasteiger charge is -2.53. The van der Waals surface area contributed by atoms with Crippen LogP contribution in [-0.4, -0.2) is 85.4 Å². The van der Waals surface area contributed by atoms with Crippen LogP contribution in [0.2, 0.25) is 0 Å². The Labute approximate surface area is 226 Å². The highest BCUT2D eigenvalue weighted by atomic mass is 16.7. The molecule has 4 amide bonds. The van der Waals surface area contributed by atoms with Gasteiger partial charge in [0.15, 0.2) is 17.7 Å². The van der Waals surface area contributed by atoms with E-state index in [0.29, 0.717) is 37.3 Å². The van der Waals surface area contributed by atoms with Gasteiger partial charge in [-0.05, 0) is 64.9 Å². The zero-order valence-corrected chi connectivity index (χ0v) is 23.9. The third kappa shape index (κ3) is 6.07. The number of rotatable bonds is 13. The van der Waals surface area contributed by atoms with Crippen LogP contribution in [0, 0.1) is 5.41 Å². The number of carbonyl (C=O) groups excluding carboxylic acids is 3. The van der Waals surface area contributed by atoms with Crippen LogP contribution in [0.5, 0.6) is 11.5 Å². The molecule has 0 saturated carbocycles. The first-order valence-electron chi connectivity index (χ1n) is 13.7. The van der Waals surface area contributed by atoms with Crippen LogP contribution < -0.4 is 14.8 Å². The molecule has 3 rings (SSSR count). The maximum Gasteiger partial charge on any atom is 0.326 e. The second-order valence-corrected chi connectivity index (χ2v) is 10.6. The first kappa shape index (κ1) is 29.7. The summed E-state index contributed by atoms with van der Waals surface area (Å²) in [5.41, 5.74) is 0.0407. The number of nitrogens with zero attached hydrogens (tertiary/aromatic N) is 3. The van der Waals surface area contributed by atoms with Gasteiger partial charge in [-0.25, -0.2) is 9.69 Å². The Morgan fingerprint density at radius 1 is 1.13 bits per heavy atom. The predicted octanol–water partition coefficient (Wildman–Crippen LogP) is 3.76. The molecule has 2 atom stereocenters. The highest BCUT2D eigenvalue weighted by Crippen LogP contribution is 2.46. The van der Waals surface area contributed by atoms with E-state index in [1.54, 1.807) is 4.90 Å². The molecule has 0 bridgehead atoms. The molecule has 1 fully saturated rings. The number of hydrogen-bond acceptors (Lipinski definition) is 7. The Bertz CT molecular complexity index is 994. The van der Waals surface area contributed by atoms with Crippen molar-refractivity contribution >= 4 is 17.8 Å². The van der Waals surface area contributed by atoms with Gasteiger partial charge in [-0.3, -0.25) is 9.59 Å². The molecular weight excluding hydrogens is 488 g/mol. The van der Waals surface area contributed by atoms with Gasteiger partial charge in [-0.2, -0.15) is 0 Å². The van der Waals surface area contributed by atoms with Crippen molar-refractivity contribution in [3.8, 4) is 11.5 Å². The van der Waals surface area contributed by atoms with Gasteiger partial charge in [-0.1, -0.05) is 33.3 Å². The van der Waals surface area contributed by atoms with Crippen molar-refractivity contribution in [3.05, 3.63) is 23.8 Å². The smallest absolute Gasteiger partial charge is 0.326 e. The fraction of sp³-hybridized carbons (Fsp3) is 0.679. The Kier molecular flexibility index (Phi) is 10.0. The van der Waals surface area contributed by atoms with Crippen molar-refractivity contribution in [2.45, 2.75) is 78.6 Å². The van der Waals surface area contributed by atoms with Crippen LogP contribution >= 0.6 is 0 Å². The number of nitrogens with one attached hydrogen (secondary N) is 1. The quantitative estimate of drug-likeness (QED) is 0.386. The van der Waals surface area contributed by atoms with E-state index in [4.69, 9.17) is 14.2 Å². The molecule has 2 aliphatic heterocycles. The zero-order chi connectivity index (χ0) is 28.0. The highest BCUT2D eigenvalue weighted by Gasteiger charge is 2.62. The van der Waals surface area contributed by atoms with Crippen LogP contribution in [0.25, 0.3) is 0 Å². The molecule has 0 spiro atoms. The fourth-order valence-corrected chi connectivity index (χ4v) is 5.14. The van der Waals surface area contributed by atoms with E-state index in [1.807, 2.05) is 71.8 Å². The summed E-state index contributed by atoms with van der Waals surface area (Å²) in [6.45, 7) is 11.1. The molecule has 1 aromatic carbocycles. The highest BCUT2D eigenvalue weighted by molar-refractivity contribution is 6.03. The van der Waals surface area contributed by atoms with E-state index in [0.717, 1.165) is 23.4 Å². The van der Waals surface area contributed by atoms with Gasteiger partial charge in [-0.15, -0.1) is 0 Å². The summed E-state index contributed by atoms with van der Waals surface area (Å²) >= 11 is 0. The second-order valence-electron chi connectivity index (χ2n) is 10.6. The molecule has 0 aliphatic carbocycles. The lowest BCUT2D eigenvalue weighted by atomic mass is 9.72. The van der Waals surface area contributed by atoms with Crippen LogP contribution in [0.3, 0.4) is 0 Å². The number of β-lactam (4-membered cyclic amide) rings is 1. The molecule has 2 aliphatic rings. The van der Waals surface area contributed by atoms with Gasteiger partial charge in [0.2, 0.25) is 18.6 Å². The monoisotopic (exact) mass is 532 g/mol. The van der Waals surface area contributed by atoms with Gasteiger partial charge < -0.3 is 29.3 Å². The van der Waals surface area contributed by atoms with Crippen molar-refractivity contribution < 1.29 is 28.6 Å². The molecule has 0 aromatic heterocycles. The average molecular weight is 533 g/mol. The number of urea groups is 1. The van der Waals surface area contributed by atoms with Crippen molar-refractivity contribution in [1.82, 2.24) is 20.0 Å². The Balaban J connectivity index is 1.75. The first-order chi connectivity index (χ1) is 18.1. The average Bonchev–Trinajstić information content (AvgIpc) is 3.34. The van der Waals surface area contributed by atoms with Crippen LogP contribution in [0.1, 0.15) is 71.9 Å². The Morgan fingerprint density at radius 3 is 2.42 bits per heavy atom. The molecule has 2 heterocycles. The van der Waals surface area contributed by atoms with Gasteiger partial charge >= 0.3 is 6.03 Å². The maximum atomic E-state index is 13.5. The Morgan fingerprint density at radius 2 is 1.82 bits per heavy atom. The lowest BCUT2D eigenvalue weighted by molar-refractivity contribution is -0.212. The number of likely N-dealkylation sites (tertiary alicyclic amines) is 1. The molecule has 10 nitrogen and oxygen atoms in total. The van der Waals surface area contributed by atoms with E-state index >= 15 is 0 Å². The molecule has 1 aromatic rings. The Hall–Kier alpha value is -2.85. The van der Waals surface area contributed by atoms with Gasteiger partial charge in [0.25, 0.3) is 0 Å². The third-order valence-corrected chi connectivity index (χ3v) is 7.60. The number of hydrogen-bond donors (Lipinski definition) is 1. The van der Waals surface area contributed by atoms with E-state index in [2.05, 4.69) is 5.32 Å². The number of imide groups is 1. The maximum absolute atomic E-state index is 13.5. The second kappa shape index (κ2) is 12.8. The summed E-state index contributed by atoms with van der Waals surface area (Å²) in [6, 6.07) is 4.76. The number of carbonyl (C=O) groups is 3. The van der Waals surface area contributed by atoms with E-state index in [9.17, 15) is 14.4 Å². The molecule has 0 unspecified atom stereocenters. The molecule has 1 N–H and O–H groups in total. The third-order valence-electron chi connectivity index (χ3n) is 7.60.